The van der Waals surface area contributed by atoms with Gasteiger partial charge in [-0.05, 0) is 37.3 Å². The second-order valence-corrected chi connectivity index (χ2v) is 5.65. The lowest BCUT2D eigenvalue weighted by atomic mass is 10.3. The number of nitrogen functional groups attached to an aromatic ring is 1. The summed E-state index contributed by atoms with van der Waals surface area (Å²) >= 11 is 1.71. The summed E-state index contributed by atoms with van der Waals surface area (Å²) in [6.45, 7) is 0. The summed E-state index contributed by atoms with van der Waals surface area (Å²) in [5.41, 5.74) is 3.62. The van der Waals surface area contributed by atoms with E-state index in [1.807, 2.05) is 18.2 Å². The minimum atomic E-state index is 0.487. The van der Waals surface area contributed by atoms with Gasteiger partial charge in [0.15, 0.2) is 0 Å². The van der Waals surface area contributed by atoms with Gasteiger partial charge in [0.2, 0.25) is 0 Å². The van der Waals surface area contributed by atoms with Crippen molar-refractivity contribution in [3.05, 3.63) is 36.2 Å². The van der Waals surface area contributed by atoms with E-state index in [-0.39, 0.29) is 0 Å². The van der Waals surface area contributed by atoms with Crippen molar-refractivity contribution in [2.45, 2.75) is 23.7 Å². The zero-order chi connectivity index (χ0) is 13.9. The second kappa shape index (κ2) is 5.68. The average molecular weight is 287 g/mol. The van der Waals surface area contributed by atoms with Gasteiger partial charge < -0.3 is 10.7 Å². The van der Waals surface area contributed by atoms with Crippen molar-refractivity contribution in [3.63, 3.8) is 0 Å². The standard InChI is InChI=1S/C14H17N5S/c1-20-11-4-2-3-10(7-11)16-12-8-13(19-15)18-14(17-12)9-5-6-9/h2-4,7-9H,5-6,15H2,1H3,(H2,16,17,18,19). The third-order valence-corrected chi connectivity index (χ3v) is 3.90. The number of nitrogens with two attached hydrogens (primary N) is 1. The molecule has 4 N–H and O–H groups in total. The summed E-state index contributed by atoms with van der Waals surface area (Å²) in [4.78, 5) is 10.2. The number of thioether (sulfide) groups is 1. The van der Waals surface area contributed by atoms with Gasteiger partial charge in [-0.25, -0.2) is 15.8 Å². The molecular formula is C14H17N5S. The maximum atomic E-state index is 5.48. The Kier molecular flexibility index (Phi) is 3.75. The van der Waals surface area contributed by atoms with Crippen LogP contribution in [-0.2, 0) is 0 Å². The Balaban J connectivity index is 1.86. The number of hydrogen-bond donors (Lipinski definition) is 3. The quantitative estimate of drug-likeness (QED) is 0.446. The van der Waals surface area contributed by atoms with Crippen LogP contribution in [0.4, 0.5) is 17.3 Å². The van der Waals surface area contributed by atoms with Crippen molar-refractivity contribution >= 4 is 29.1 Å². The smallest absolute Gasteiger partial charge is 0.145 e. The molecular weight excluding hydrogens is 270 g/mol. The van der Waals surface area contributed by atoms with E-state index in [9.17, 15) is 0 Å². The molecule has 0 amide bonds. The molecule has 0 aliphatic heterocycles. The number of aromatic nitrogens is 2. The van der Waals surface area contributed by atoms with Crippen molar-refractivity contribution in [1.29, 1.82) is 0 Å². The molecule has 0 bridgehead atoms. The first kappa shape index (κ1) is 13.2. The summed E-state index contributed by atoms with van der Waals surface area (Å²) in [5, 5.41) is 3.32. The van der Waals surface area contributed by atoms with E-state index in [2.05, 4.69) is 39.1 Å². The highest BCUT2D eigenvalue weighted by atomic mass is 32.2. The van der Waals surface area contributed by atoms with Crippen molar-refractivity contribution < 1.29 is 0 Å². The van der Waals surface area contributed by atoms with Crippen LogP contribution >= 0.6 is 11.8 Å². The number of anilines is 3. The summed E-state index contributed by atoms with van der Waals surface area (Å²) in [6, 6.07) is 10.0. The molecule has 0 spiro atoms. The second-order valence-electron chi connectivity index (χ2n) is 4.77. The van der Waals surface area contributed by atoms with Crippen molar-refractivity contribution in [2.24, 2.45) is 5.84 Å². The molecule has 0 unspecified atom stereocenters. The molecule has 1 heterocycles. The van der Waals surface area contributed by atoms with Crippen LogP contribution in [0.1, 0.15) is 24.6 Å². The first-order chi connectivity index (χ1) is 9.78. The minimum Gasteiger partial charge on any atom is -0.340 e. The number of nitrogens with zero attached hydrogens (tertiary/aromatic N) is 2. The van der Waals surface area contributed by atoms with E-state index < -0.39 is 0 Å². The van der Waals surface area contributed by atoms with Crippen LogP contribution in [0.15, 0.2) is 35.2 Å². The van der Waals surface area contributed by atoms with Gasteiger partial charge in [-0.1, -0.05) is 6.07 Å². The topological polar surface area (TPSA) is 75.9 Å². The fourth-order valence-electron chi connectivity index (χ4n) is 1.98. The number of nitrogens with one attached hydrogen (secondary N) is 2. The van der Waals surface area contributed by atoms with Crippen molar-refractivity contribution in [1.82, 2.24) is 9.97 Å². The molecule has 0 atom stereocenters. The van der Waals surface area contributed by atoms with Crippen LogP contribution in [-0.4, -0.2) is 16.2 Å². The van der Waals surface area contributed by atoms with Gasteiger partial charge in [0, 0.05) is 22.6 Å². The SMILES string of the molecule is CSc1cccc(Nc2cc(NN)nc(C3CC3)n2)c1. The van der Waals surface area contributed by atoms with Gasteiger partial charge in [0.05, 0.1) is 0 Å². The number of benzene rings is 1. The van der Waals surface area contributed by atoms with Gasteiger partial charge >= 0.3 is 0 Å². The molecule has 5 nitrogen and oxygen atoms in total. The fraction of sp³-hybridized carbons (Fsp3) is 0.286. The zero-order valence-corrected chi connectivity index (χ0v) is 12.1. The van der Waals surface area contributed by atoms with Gasteiger partial charge in [-0.15, -0.1) is 11.8 Å². The maximum absolute atomic E-state index is 5.48. The van der Waals surface area contributed by atoms with E-state index in [1.165, 1.54) is 4.90 Å². The number of hydrogen-bond acceptors (Lipinski definition) is 6. The summed E-state index contributed by atoms with van der Waals surface area (Å²) in [5.74, 6) is 8.24. The monoisotopic (exact) mass is 287 g/mol. The Hall–Kier alpha value is -1.79. The fourth-order valence-corrected chi connectivity index (χ4v) is 2.44. The summed E-state index contributed by atoms with van der Waals surface area (Å²) in [6.07, 6.45) is 4.39. The van der Waals surface area contributed by atoms with Gasteiger partial charge in [0.25, 0.3) is 0 Å². The van der Waals surface area contributed by atoms with E-state index >= 15 is 0 Å². The third-order valence-electron chi connectivity index (χ3n) is 3.18. The first-order valence-electron chi connectivity index (χ1n) is 6.55. The Morgan fingerprint density at radius 2 is 2.00 bits per heavy atom. The molecule has 1 saturated carbocycles. The molecule has 1 aromatic carbocycles. The molecule has 0 saturated heterocycles. The van der Waals surface area contributed by atoms with Crippen LogP contribution in [0.3, 0.4) is 0 Å². The van der Waals surface area contributed by atoms with E-state index in [4.69, 9.17) is 5.84 Å². The number of hydrazine groups is 1. The van der Waals surface area contributed by atoms with Crippen LogP contribution in [0, 0.1) is 0 Å². The lowest BCUT2D eigenvalue weighted by Crippen LogP contribution is -2.11. The molecule has 1 aliphatic rings. The highest BCUT2D eigenvalue weighted by Gasteiger charge is 2.27. The molecule has 0 radical (unpaired) electrons. The molecule has 1 aromatic heterocycles. The highest BCUT2D eigenvalue weighted by molar-refractivity contribution is 7.98. The Morgan fingerprint density at radius 3 is 2.70 bits per heavy atom. The molecule has 20 heavy (non-hydrogen) atoms. The van der Waals surface area contributed by atoms with Crippen LogP contribution in [0.5, 0.6) is 0 Å². The predicted molar refractivity (Wildman–Crippen MR) is 83.3 cm³/mol. The number of rotatable bonds is 5. The maximum Gasteiger partial charge on any atom is 0.145 e. The van der Waals surface area contributed by atoms with Gasteiger partial charge in [-0.2, -0.15) is 0 Å². The lowest BCUT2D eigenvalue weighted by molar-refractivity contribution is 0.929. The molecule has 1 fully saturated rings. The largest absolute Gasteiger partial charge is 0.340 e. The van der Waals surface area contributed by atoms with Crippen molar-refractivity contribution in [3.8, 4) is 0 Å². The molecule has 3 rings (SSSR count). The predicted octanol–water partition coefficient (Wildman–Crippen LogP) is 3.11. The highest BCUT2D eigenvalue weighted by Crippen LogP contribution is 2.39. The normalized spacial score (nSPS) is 14.1. The first-order valence-corrected chi connectivity index (χ1v) is 7.77. The molecule has 6 heteroatoms. The Bertz CT molecular complexity index is 612. The van der Waals surface area contributed by atoms with Gasteiger partial charge in [0.1, 0.15) is 17.5 Å². The van der Waals surface area contributed by atoms with Crippen LogP contribution in [0.25, 0.3) is 0 Å². The molecule has 104 valence electrons. The van der Waals surface area contributed by atoms with Crippen molar-refractivity contribution in [2.75, 3.05) is 17.0 Å². The van der Waals surface area contributed by atoms with Crippen LogP contribution < -0.4 is 16.6 Å². The molecule has 1 aliphatic carbocycles. The average Bonchev–Trinajstić information content (AvgIpc) is 3.31. The molecule has 2 aromatic rings. The minimum absolute atomic E-state index is 0.487. The van der Waals surface area contributed by atoms with E-state index in [0.29, 0.717) is 11.7 Å². The third kappa shape index (κ3) is 3.02. The lowest BCUT2D eigenvalue weighted by Gasteiger charge is -2.10. The van der Waals surface area contributed by atoms with Gasteiger partial charge in [-0.3, -0.25) is 0 Å². The summed E-state index contributed by atoms with van der Waals surface area (Å²) < 4.78 is 0. The van der Waals surface area contributed by atoms with E-state index in [1.54, 1.807) is 11.8 Å². The zero-order valence-electron chi connectivity index (χ0n) is 11.3. The Labute approximate surface area is 122 Å². The van der Waals surface area contributed by atoms with Crippen LogP contribution in [0.2, 0.25) is 0 Å². The summed E-state index contributed by atoms with van der Waals surface area (Å²) in [7, 11) is 0. The Morgan fingerprint density at radius 1 is 1.20 bits per heavy atom. The van der Waals surface area contributed by atoms with E-state index in [0.717, 1.165) is 30.2 Å².